The fourth-order valence-corrected chi connectivity index (χ4v) is 3.21. The molecule has 3 rings (SSSR count). The summed E-state index contributed by atoms with van der Waals surface area (Å²) in [6.07, 6.45) is 1.59. The first-order valence-electron chi connectivity index (χ1n) is 7.45. The van der Waals surface area contributed by atoms with Crippen LogP contribution in [-0.2, 0) is 14.8 Å². The minimum atomic E-state index is -4.19. The first-order valence-corrected chi connectivity index (χ1v) is 8.94. The molecule has 0 bridgehead atoms. The van der Waals surface area contributed by atoms with E-state index in [9.17, 15) is 22.0 Å². The molecule has 136 valence electrons. The monoisotopic (exact) mass is 381 g/mol. The molecule has 0 fully saturated rings. The Morgan fingerprint density at radius 2 is 1.69 bits per heavy atom. The molecule has 0 spiro atoms. The van der Waals surface area contributed by atoms with E-state index >= 15 is 0 Å². The van der Waals surface area contributed by atoms with Crippen molar-refractivity contribution in [3.8, 4) is 11.5 Å². The summed E-state index contributed by atoms with van der Waals surface area (Å²) in [6, 6.07) is 7.11. The van der Waals surface area contributed by atoms with Crippen molar-refractivity contribution in [2.75, 3.05) is 13.2 Å². The molecular formula is C17H13F2NO5S. The maximum atomic E-state index is 13.5. The molecular weight excluding hydrogens is 368 g/mol. The summed E-state index contributed by atoms with van der Waals surface area (Å²) in [4.78, 5) is 11.6. The van der Waals surface area contributed by atoms with Gasteiger partial charge in [0, 0.05) is 17.7 Å². The molecule has 1 N–H and O–H groups in total. The largest absolute Gasteiger partial charge is 0.486 e. The topological polar surface area (TPSA) is 81.7 Å². The van der Waals surface area contributed by atoms with Gasteiger partial charge in [-0.3, -0.25) is 4.79 Å². The van der Waals surface area contributed by atoms with Crippen LogP contribution in [-0.4, -0.2) is 27.5 Å². The molecule has 0 saturated carbocycles. The Morgan fingerprint density at radius 3 is 2.38 bits per heavy atom. The van der Waals surface area contributed by atoms with Crippen molar-refractivity contribution in [2.24, 2.45) is 0 Å². The zero-order chi connectivity index (χ0) is 18.7. The summed E-state index contributed by atoms with van der Waals surface area (Å²) in [7, 11) is -4.19. The molecule has 1 aliphatic heterocycles. The van der Waals surface area contributed by atoms with Gasteiger partial charge in [0.2, 0.25) is 0 Å². The van der Waals surface area contributed by atoms with Gasteiger partial charge < -0.3 is 9.47 Å². The van der Waals surface area contributed by atoms with Crippen LogP contribution in [0.1, 0.15) is 5.56 Å². The molecule has 0 aliphatic carbocycles. The number of hydrogen-bond acceptors (Lipinski definition) is 5. The second kappa shape index (κ2) is 7.12. The summed E-state index contributed by atoms with van der Waals surface area (Å²) >= 11 is 0. The molecule has 1 amide bonds. The predicted molar refractivity (Wildman–Crippen MR) is 88.2 cm³/mol. The van der Waals surface area contributed by atoms with Crippen LogP contribution in [0.25, 0.3) is 6.08 Å². The zero-order valence-electron chi connectivity index (χ0n) is 13.2. The molecule has 6 nitrogen and oxygen atoms in total. The number of benzene rings is 2. The number of fused-ring (bicyclic) bond motifs is 1. The Kier molecular flexibility index (Phi) is 4.90. The molecule has 1 heterocycles. The van der Waals surface area contributed by atoms with Crippen LogP contribution < -0.4 is 14.2 Å². The first kappa shape index (κ1) is 17.9. The summed E-state index contributed by atoms with van der Waals surface area (Å²) in [5, 5.41) is 0. The van der Waals surface area contributed by atoms with Gasteiger partial charge in [-0.2, -0.15) is 0 Å². The number of halogens is 2. The van der Waals surface area contributed by atoms with Gasteiger partial charge in [-0.05, 0) is 30.3 Å². The van der Waals surface area contributed by atoms with Crippen LogP contribution in [0.2, 0.25) is 0 Å². The van der Waals surface area contributed by atoms with E-state index in [1.54, 1.807) is 4.72 Å². The van der Waals surface area contributed by atoms with E-state index in [1.807, 2.05) is 0 Å². The lowest BCUT2D eigenvalue weighted by atomic mass is 10.2. The van der Waals surface area contributed by atoms with Gasteiger partial charge in [-0.1, -0.05) is 6.07 Å². The molecule has 0 aromatic heterocycles. The number of rotatable bonds is 4. The Labute approximate surface area is 148 Å². The third-order valence-corrected chi connectivity index (χ3v) is 4.80. The van der Waals surface area contributed by atoms with Crippen LogP contribution in [0, 0.1) is 11.6 Å². The lowest BCUT2D eigenvalue weighted by Gasteiger charge is -2.18. The van der Waals surface area contributed by atoms with Crippen LogP contribution in [0.3, 0.4) is 0 Å². The van der Waals surface area contributed by atoms with Gasteiger partial charge in [0.15, 0.2) is 11.5 Å². The standard InChI is InChI=1S/C17H13F2NO5S/c18-13-2-1-3-14(19)12(13)5-7-17(21)20-26(22,23)11-4-6-15-16(10-11)25-9-8-24-15/h1-7,10H,8-9H2,(H,20,21)/b7-5+. The van der Waals surface area contributed by atoms with Crippen molar-refractivity contribution < 1.29 is 31.5 Å². The summed E-state index contributed by atoms with van der Waals surface area (Å²) in [6.45, 7) is 0.632. The normalized spacial score (nSPS) is 13.6. The van der Waals surface area contributed by atoms with Crippen LogP contribution in [0.5, 0.6) is 11.5 Å². The molecule has 0 atom stereocenters. The van der Waals surface area contributed by atoms with E-state index in [-0.39, 0.29) is 17.3 Å². The van der Waals surface area contributed by atoms with Crippen molar-refractivity contribution in [3.05, 3.63) is 59.7 Å². The lowest BCUT2D eigenvalue weighted by molar-refractivity contribution is -0.114. The quantitative estimate of drug-likeness (QED) is 0.822. The minimum absolute atomic E-state index is 0.208. The number of ether oxygens (including phenoxy) is 2. The van der Waals surface area contributed by atoms with E-state index < -0.39 is 33.1 Å². The molecule has 0 saturated heterocycles. The van der Waals surface area contributed by atoms with Gasteiger partial charge in [0.1, 0.15) is 24.8 Å². The molecule has 1 aliphatic rings. The van der Waals surface area contributed by atoms with E-state index in [4.69, 9.17) is 9.47 Å². The SMILES string of the molecule is O=C(/C=C/c1c(F)cccc1F)NS(=O)(=O)c1ccc2c(c1)OCCO2. The number of carbonyl (C=O) groups excluding carboxylic acids is 1. The van der Waals surface area contributed by atoms with Gasteiger partial charge in [-0.15, -0.1) is 0 Å². The predicted octanol–water partition coefficient (Wildman–Crippen LogP) is 2.25. The molecule has 0 radical (unpaired) electrons. The fraction of sp³-hybridized carbons (Fsp3) is 0.118. The molecule has 2 aromatic rings. The van der Waals surface area contributed by atoms with E-state index in [0.29, 0.717) is 12.4 Å². The third-order valence-electron chi connectivity index (χ3n) is 3.46. The molecule has 2 aromatic carbocycles. The number of sulfonamides is 1. The van der Waals surface area contributed by atoms with Gasteiger partial charge in [-0.25, -0.2) is 21.9 Å². The Hall–Kier alpha value is -2.94. The highest BCUT2D eigenvalue weighted by Gasteiger charge is 2.20. The van der Waals surface area contributed by atoms with Crippen LogP contribution in [0.15, 0.2) is 47.4 Å². The van der Waals surface area contributed by atoms with E-state index in [1.165, 1.54) is 24.3 Å². The van der Waals surface area contributed by atoms with Crippen molar-refractivity contribution in [1.29, 1.82) is 0 Å². The van der Waals surface area contributed by atoms with Gasteiger partial charge in [0.05, 0.1) is 4.90 Å². The summed E-state index contributed by atoms with van der Waals surface area (Å²) in [5.74, 6) is -2.15. The number of amides is 1. The van der Waals surface area contributed by atoms with Crippen molar-refractivity contribution in [3.63, 3.8) is 0 Å². The highest BCUT2D eigenvalue weighted by Crippen LogP contribution is 2.32. The van der Waals surface area contributed by atoms with E-state index in [2.05, 4.69) is 0 Å². The first-order chi connectivity index (χ1) is 12.4. The zero-order valence-corrected chi connectivity index (χ0v) is 14.1. The Balaban J connectivity index is 1.77. The van der Waals surface area contributed by atoms with Crippen LogP contribution in [0.4, 0.5) is 8.78 Å². The highest BCUT2D eigenvalue weighted by atomic mass is 32.2. The number of nitrogens with one attached hydrogen (secondary N) is 1. The molecule has 0 unspecified atom stereocenters. The summed E-state index contributed by atoms with van der Waals surface area (Å²) < 4.78 is 63.9. The second-order valence-corrected chi connectivity index (χ2v) is 6.93. The Morgan fingerprint density at radius 1 is 1.04 bits per heavy atom. The lowest BCUT2D eigenvalue weighted by Crippen LogP contribution is -2.29. The second-order valence-electron chi connectivity index (χ2n) is 5.24. The van der Waals surface area contributed by atoms with Gasteiger partial charge >= 0.3 is 0 Å². The summed E-state index contributed by atoms with van der Waals surface area (Å²) in [5.41, 5.74) is -0.445. The van der Waals surface area contributed by atoms with Gasteiger partial charge in [0.25, 0.3) is 15.9 Å². The van der Waals surface area contributed by atoms with Crippen molar-refractivity contribution in [1.82, 2.24) is 4.72 Å². The maximum absolute atomic E-state index is 13.5. The average Bonchev–Trinajstić information content (AvgIpc) is 2.60. The highest BCUT2D eigenvalue weighted by molar-refractivity contribution is 7.90. The smallest absolute Gasteiger partial charge is 0.264 e. The third kappa shape index (κ3) is 3.83. The maximum Gasteiger partial charge on any atom is 0.264 e. The minimum Gasteiger partial charge on any atom is -0.486 e. The Bertz CT molecular complexity index is 968. The van der Waals surface area contributed by atoms with E-state index in [0.717, 1.165) is 24.3 Å². The van der Waals surface area contributed by atoms with Crippen LogP contribution >= 0.6 is 0 Å². The van der Waals surface area contributed by atoms with Crippen molar-refractivity contribution >= 4 is 22.0 Å². The number of carbonyl (C=O) groups is 1. The molecule has 9 heteroatoms. The van der Waals surface area contributed by atoms with Crippen molar-refractivity contribution in [2.45, 2.75) is 4.90 Å². The number of hydrogen-bond donors (Lipinski definition) is 1. The molecule has 26 heavy (non-hydrogen) atoms. The average molecular weight is 381 g/mol. The fourth-order valence-electron chi connectivity index (χ4n) is 2.25.